The molecule has 0 fully saturated rings. The molecule has 0 saturated carbocycles. The molecule has 3 aromatic rings. The third-order valence-corrected chi connectivity index (χ3v) is 8.69. The van der Waals surface area contributed by atoms with E-state index in [9.17, 15) is 18.0 Å². The number of benzene rings is 3. The smallest absolute Gasteiger partial charge is 0.264 e. The standard InChI is InChI=1S/C30H37N3O5S2/c1-6-38-26-14-12-25(13-15-26)33(40(36,37)28-18-16-27(39-5)17-19-28)21-29(34)32(20-24-10-8-7-9-11-24)23(4)30(35)31-22(2)3/h7-19,22-23H,6,20-21H2,1-5H3,(H,31,35). The van der Waals surface area contributed by atoms with E-state index in [2.05, 4.69) is 5.32 Å². The SMILES string of the molecule is CCOc1ccc(N(CC(=O)N(Cc2ccccc2)C(C)C(=O)NC(C)C)S(=O)(=O)c2ccc(SC)cc2)cc1. The van der Waals surface area contributed by atoms with Crippen LogP contribution < -0.4 is 14.4 Å². The highest BCUT2D eigenvalue weighted by Crippen LogP contribution is 2.28. The maximum absolute atomic E-state index is 13.9. The van der Waals surface area contributed by atoms with Gasteiger partial charge in [0.1, 0.15) is 18.3 Å². The largest absolute Gasteiger partial charge is 0.494 e. The zero-order valence-corrected chi connectivity index (χ0v) is 25.2. The van der Waals surface area contributed by atoms with Crippen molar-refractivity contribution in [2.24, 2.45) is 0 Å². The van der Waals surface area contributed by atoms with E-state index >= 15 is 0 Å². The summed E-state index contributed by atoms with van der Waals surface area (Å²) in [6.07, 6.45) is 1.91. The molecule has 0 bridgehead atoms. The van der Waals surface area contributed by atoms with E-state index in [1.54, 1.807) is 43.3 Å². The van der Waals surface area contributed by atoms with Gasteiger partial charge in [-0.15, -0.1) is 11.8 Å². The lowest BCUT2D eigenvalue weighted by Crippen LogP contribution is -2.52. The first-order valence-electron chi connectivity index (χ1n) is 13.1. The lowest BCUT2D eigenvalue weighted by molar-refractivity contribution is -0.139. The third kappa shape index (κ3) is 8.02. The van der Waals surface area contributed by atoms with Crippen LogP contribution in [0.25, 0.3) is 0 Å². The van der Waals surface area contributed by atoms with Crippen LogP contribution in [0.4, 0.5) is 5.69 Å². The Kier molecular flexibility index (Phi) is 11.0. The molecule has 1 unspecified atom stereocenters. The van der Waals surface area contributed by atoms with Gasteiger partial charge in [0, 0.05) is 17.5 Å². The quantitative estimate of drug-likeness (QED) is 0.286. The van der Waals surface area contributed by atoms with Gasteiger partial charge >= 0.3 is 0 Å². The van der Waals surface area contributed by atoms with Gasteiger partial charge in [-0.3, -0.25) is 13.9 Å². The first-order chi connectivity index (χ1) is 19.1. The number of anilines is 1. The van der Waals surface area contributed by atoms with Crippen molar-refractivity contribution in [2.45, 2.75) is 56.1 Å². The molecule has 8 nitrogen and oxygen atoms in total. The van der Waals surface area contributed by atoms with E-state index < -0.39 is 28.5 Å². The molecule has 3 aromatic carbocycles. The highest BCUT2D eigenvalue weighted by molar-refractivity contribution is 7.98. The summed E-state index contributed by atoms with van der Waals surface area (Å²) >= 11 is 1.50. The predicted molar refractivity (Wildman–Crippen MR) is 160 cm³/mol. The fourth-order valence-electron chi connectivity index (χ4n) is 4.05. The van der Waals surface area contributed by atoms with Gasteiger partial charge in [0.25, 0.3) is 10.0 Å². The third-order valence-electron chi connectivity index (χ3n) is 6.16. The minimum absolute atomic E-state index is 0.0622. The predicted octanol–water partition coefficient (Wildman–Crippen LogP) is 4.94. The minimum Gasteiger partial charge on any atom is -0.494 e. The van der Waals surface area contributed by atoms with E-state index in [4.69, 9.17) is 4.74 Å². The summed E-state index contributed by atoms with van der Waals surface area (Å²) < 4.78 is 34.5. The van der Waals surface area contributed by atoms with Crippen molar-refractivity contribution in [2.75, 3.05) is 23.7 Å². The number of thioether (sulfide) groups is 1. The topological polar surface area (TPSA) is 96.0 Å². The Morgan fingerprint density at radius 3 is 2.10 bits per heavy atom. The van der Waals surface area contributed by atoms with Crippen molar-refractivity contribution in [3.8, 4) is 5.75 Å². The van der Waals surface area contributed by atoms with Crippen LogP contribution in [0, 0.1) is 0 Å². The number of sulfonamides is 1. The van der Waals surface area contributed by atoms with Gasteiger partial charge in [-0.25, -0.2) is 8.42 Å². The fourth-order valence-corrected chi connectivity index (χ4v) is 5.87. The molecular weight excluding hydrogens is 546 g/mol. The number of carbonyl (C=O) groups excluding carboxylic acids is 2. The van der Waals surface area contributed by atoms with E-state index in [0.29, 0.717) is 18.0 Å². The molecule has 0 radical (unpaired) electrons. The van der Waals surface area contributed by atoms with E-state index in [1.165, 1.54) is 28.8 Å². The summed E-state index contributed by atoms with van der Waals surface area (Å²) in [6, 6.07) is 21.5. The number of rotatable bonds is 13. The first-order valence-corrected chi connectivity index (χ1v) is 15.8. The summed E-state index contributed by atoms with van der Waals surface area (Å²) in [4.78, 5) is 29.3. The van der Waals surface area contributed by atoms with Gasteiger partial charge < -0.3 is 15.0 Å². The molecule has 1 N–H and O–H groups in total. The Bertz CT molecular complexity index is 1360. The van der Waals surface area contributed by atoms with Crippen LogP contribution in [0.15, 0.2) is 88.7 Å². The second-order valence-electron chi connectivity index (χ2n) is 9.46. The molecule has 0 aliphatic heterocycles. The summed E-state index contributed by atoms with van der Waals surface area (Å²) in [7, 11) is -4.14. The van der Waals surface area contributed by atoms with E-state index in [-0.39, 0.29) is 23.4 Å². The van der Waals surface area contributed by atoms with Crippen LogP contribution in [-0.4, -0.2) is 56.6 Å². The number of ether oxygens (including phenoxy) is 1. The number of nitrogens with zero attached hydrogens (tertiary/aromatic N) is 2. The molecule has 1 atom stereocenters. The number of amides is 2. The highest BCUT2D eigenvalue weighted by atomic mass is 32.2. The average molecular weight is 584 g/mol. The molecule has 0 heterocycles. The Balaban J connectivity index is 2.02. The molecule has 0 saturated heterocycles. The van der Waals surface area contributed by atoms with Crippen molar-refractivity contribution in [1.82, 2.24) is 10.2 Å². The summed E-state index contributed by atoms with van der Waals surface area (Å²) in [5.41, 5.74) is 1.13. The molecule has 3 rings (SSSR count). The van der Waals surface area contributed by atoms with Gasteiger partial charge in [-0.1, -0.05) is 30.3 Å². The lowest BCUT2D eigenvalue weighted by atomic mass is 10.1. The van der Waals surface area contributed by atoms with Gasteiger partial charge in [-0.05, 0) is 88.0 Å². The van der Waals surface area contributed by atoms with Crippen molar-refractivity contribution < 1.29 is 22.7 Å². The normalized spacial score (nSPS) is 12.1. The van der Waals surface area contributed by atoms with Gasteiger partial charge in [0.05, 0.1) is 17.2 Å². The summed E-state index contributed by atoms with van der Waals surface area (Å²) in [6.45, 7) is 7.31. The number of carbonyl (C=O) groups is 2. The van der Waals surface area contributed by atoms with Crippen molar-refractivity contribution in [3.05, 3.63) is 84.4 Å². The molecule has 0 aromatic heterocycles. The monoisotopic (exact) mass is 583 g/mol. The van der Waals surface area contributed by atoms with Crippen molar-refractivity contribution in [1.29, 1.82) is 0 Å². The summed E-state index contributed by atoms with van der Waals surface area (Å²) in [5, 5.41) is 2.85. The molecule has 10 heteroatoms. The van der Waals surface area contributed by atoms with Crippen molar-refractivity contribution >= 4 is 39.3 Å². The Morgan fingerprint density at radius 2 is 1.55 bits per heavy atom. The highest BCUT2D eigenvalue weighted by Gasteiger charge is 2.32. The lowest BCUT2D eigenvalue weighted by Gasteiger charge is -2.32. The molecule has 214 valence electrons. The Morgan fingerprint density at radius 1 is 0.925 bits per heavy atom. The number of nitrogens with one attached hydrogen (secondary N) is 1. The van der Waals surface area contributed by atoms with Crippen LogP contribution in [-0.2, 0) is 26.2 Å². The number of hydrogen-bond donors (Lipinski definition) is 1. The van der Waals surface area contributed by atoms with Gasteiger partial charge in [0.2, 0.25) is 11.8 Å². The maximum Gasteiger partial charge on any atom is 0.264 e. The minimum atomic E-state index is -4.14. The second kappa shape index (κ2) is 14.2. The average Bonchev–Trinajstić information content (AvgIpc) is 2.95. The second-order valence-corrected chi connectivity index (χ2v) is 12.2. The van der Waals surface area contributed by atoms with Crippen LogP contribution in [0.1, 0.15) is 33.3 Å². The number of hydrogen-bond acceptors (Lipinski definition) is 6. The van der Waals surface area contributed by atoms with Crippen LogP contribution >= 0.6 is 11.8 Å². The molecule has 0 aliphatic rings. The van der Waals surface area contributed by atoms with Crippen LogP contribution in [0.5, 0.6) is 5.75 Å². The van der Waals surface area contributed by atoms with Gasteiger partial charge in [0.15, 0.2) is 0 Å². The zero-order chi connectivity index (χ0) is 29.3. The molecule has 2 amide bonds. The van der Waals surface area contributed by atoms with Crippen molar-refractivity contribution in [3.63, 3.8) is 0 Å². The molecule has 0 aliphatic carbocycles. The van der Waals surface area contributed by atoms with Crippen LogP contribution in [0.3, 0.4) is 0 Å². The molecule has 0 spiro atoms. The van der Waals surface area contributed by atoms with Crippen LogP contribution in [0.2, 0.25) is 0 Å². The Labute approximate surface area is 241 Å². The maximum atomic E-state index is 13.9. The van der Waals surface area contributed by atoms with E-state index in [0.717, 1.165) is 14.8 Å². The zero-order valence-electron chi connectivity index (χ0n) is 23.5. The van der Waals surface area contributed by atoms with E-state index in [1.807, 2.05) is 57.4 Å². The fraction of sp³-hybridized carbons (Fsp3) is 0.333. The Hall–Kier alpha value is -3.50. The molecular formula is C30H37N3O5S2. The molecule has 40 heavy (non-hydrogen) atoms. The first kappa shape index (κ1) is 31.0. The summed E-state index contributed by atoms with van der Waals surface area (Å²) in [5.74, 6) is -0.236. The van der Waals surface area contributed by atoms with Gasteiger partial charge in [-0.2, -0.15) is 0 Å².